The van der Waals surface area contributed by atoms with Crippen molar-refractivity contribution in [2.75, 3.05) is 30.4 Å². The fraction of sp³-hybridized carbons (Fsp3) is 0.316. The van der Waals surface area contributed by atoms with Crippen LogP contribution in [0.5, 0.6) is 0 Å². The van der Waals surface area contributed by atoms with Gasteiger partial charge in [0.15, 0.2) is 11.5 Å². The second kappa shape index (κ2) is 8.06. The standard InChI is InChI=1S/C19H20N8O4S/c1-32(30,31)26-4-2-13(3-5-26)24-15-7-16(22-10-14(15)19(28)29)27-18-12(9-23-27)6-11(8-20)17(21)25-18/h6-7,9-10,13H,2-5H2,1H3,(H2,21,25)(H,22,24)(H,28,29). The van der Waals surface area contributed by atoms with Gasteiger partial charge in [0.05, 0.1) is 23.7 Å². The van der Waals surface area contributed by atoms with E-state index in [0.29, 0.717) is 48.5 Å². The van der Waals surface area contributed by atoms with Crippen LogP contribution in [0.3, 0.4) is 0 Å². The number of nitrogens with two attached hydrogens (primary N) is 1. The number of rotatable bonds is 5. The van der Waals surface area contributed by atoms with Crippen LogP contribution in [0, 0.1) is 11.3 Å². The summed E-state index contributed by atoms with van der Waals surface area (Å²) in [5.41, 5.74) is 6.76. The maximum Gasteiger partial charge on any atom is 0.339 e. The van der Waals surface area contributed by atoms with E-state index in [1.54, 1.807) is 12.1 Å². The quantitative estimate of drug-likeness (QED) is 0.497. The van der Waals surface area contributed by atoms with Gasteiger partial charge in [0.1, 0.15) is 17.5 Å². The second-order valence-corrected chi connectivity index (χ2v) is 9.46. The average Bonchev–Trinajstić information content (AvgIpc) is 3.15. The van der Waals surface area contributed by atoms with Gasteiger partial charge < -0.3 is 16.2 Å². The number of carbonyl (C=O) groups is 1. The number of hydrogen-bond acceptors (Lipinski definition) is 9. The van der Waals surface area contributed by atoms with Gasteiger partial charge in [0, 0.05) is 36.8 Å². The number of piperidine rings is 1. The van der Waals surface area contributed by atoms with Crippen molar-refractivity contribution in [3.8, 4) is 11.9 Å². The highest BCUT2D eigenvalue weighted by atomic mass is 32.2. The first-order valence-electron chi connectivity index (χ1n) is 9.67. The molecule has 0 atom stereocenters. The molecule has 0 saturated carbocycles. The van der Waals surface area contributed by atoms with Crippen molar-refractivity contribution in [3.63, 3.8) is 0 Å². The number of nitrogen functional groups attached to an aromatic ring is 1. The molecule has 3 aromatic heterocycles. The molecular formula is C19H20N8O4S. The first-order chi connectivity index (χ1) is 15.2. The lowest BCUT2D eigenvalue weighted by Gasteiger charge is -2.31. The number of fused-ring (bicyclic) bond motifs is 1. The molecule has 1 fully saturated rings. The van der Waals surface area contributed by atoms with Crippen LogP contribution in [0.25, 0.3) is 16.9 Å². The Morgan fingerprint density at radius 3 is 2.66 bits per heavy atom. The Morgan fingerprint density at radius 1 is 1.31 bits per heavy atom. The molecule has 1 aliphatic rings. The molecule has 12 nitrogen and oxygen atoms in total. The molecule has 13 heteroatoms. The molecule has 4 N–H and O–H groups in total. The van der Waals surface area contributed by atoms with E-state index >= 15 is 0 Å². The van der Waals surface area contributed by atoms with E-state index in [0.717, 1.165) is 0 Å². The minimum Gasteiger partial charge on any atom is -0.478 e. The van der Waals surface area contributed by atoms with Gasteiger partial charge in [-0.2, -0.15) is 15.0 Å². The average molecular weight is 456 g/mol. The van der Waals surface area contributed by atoms with E-state index in [1.165, 1.54) is 27.6 Å². The molecular weight excluding hydrogens is 436 g/mol. The number of aromatic nitrogens is 4. The van der Waals surface area contributed by atoms with Crippen LogP contribution in [-0.4, -0.2) is 68.9 Å². The molecule has 0 unspecified atom stereocenters. The highest BCUT2D eigenvalue weighted by molar-refractivity contribution is 7.88. The molecule has 4 heterocycles. The number of carboxylic acid groups (broad SMARTS) is 1. The largest absolute Gasteiger partial charge is 0.478 e. The Kier molecular flexibility index (Phi) is 5.41. The zero-order chi connectivity index (χ0) is 23.0. The highest BCUT2D eigenvalue weighted by Gasteiger charge is 2.26. The highest BCUT2D eigenvalue weighted by Crippen LogP contribution is 2.25. The van der Waals surface area contributed by atoms with Crippen molar-refractivity contribution < 1.29 is 18.3 Å². The van der Waals surface area contributed by atoms with E-state index in [1.807, 2.05) is 6.07 Å². The normalized spacial score (nSPS) is 15.5. The van der Waals surface area contributed by atoms with Crippen molar-refractivity contribution in [3.05, 3.63) is 35.7 Å². The molecule has 1 saturated heterocycles. The fourth-order valence-electron chi connectivity index (χ4n) is 3.63. The van der Waals surface area contributed by atoms with Crippen molar-refractivity contribution in [1.29, 1.82) is 5.26 Å². The SMILES string of the molecule is CS(=O)(=O)N1CCC(Nc2cc(-n3ncc4cc(C#N)c(N)nc43)ncc2C(=O)O)CC1. The van der Waals surface area contributed by atoms with Crippen LogP contribution < -0.4 is 11.1 Å². The van der Waals surface area contributed by atoms with Crippen molar-refractivity contribution in [2.24, 2.45) is 0 Å². The molecule has 0 amide bonds. The summed E-state index contributed by atoms with van der Waals surface area (Å²) in [6, 6.07) is 4.98. The molecule has 0 aliphatic carbocycles. The van der Waals surface area contributed by atoms with Crippen LogP contribution in [0.4, 0.5) is 11.5 Å². The number of hydrogen-bond donors (Lipinski definition) is 3. The first-order valence-corrected chi connectivity index (χ1v) is 11.5. The van der Waals surface area contributed by atoms with Crippen molar-refractivity contribution >= 4 is 38.5 Å². The molecule has 3 aromatic rings. The fourth-order valence-corrected chi connectivity index (χ4v) is 4.51. The molecule has 0 spiro atoms. The Morgan fingerprint density at radius 2 is 2.03 bits per heavy atom. The number of nitrogens with zero attached hydrogens (tertiary/aromatic N) is 6. The summed E-state index contributed by atoms with van der Waals surface area (Å²) in [6.07, 6.45) is 4.98. The molecule has 0 bridgehead atoms. The zero-order valence-corrected chi connectivity index (χ0v) is 17.9. The lowest BCUT2D eigenvalue weighted by Crippen LogP contribution is -2.42. The number of nitrogens with one attached hydrogen (secondary N) is 1. The van der Waals surface area contributed by atoms with Gasteiger partial charge in [-0.25, -0.2) is 27.5 Å². The van der Waals surface area contributed by atoms with Crippen LogP contribution in [0.15, 0.2) is 24.5 Å². The summed E-state index contributed by atoms with van der Waals surface area (Å²) in [6.45, 7) is 0.704. The van der Waals surface area contributed by atoms with E-state index in [4.69, 9.17) is 11.0 Å². The summed E-state index contributed by atoms with van der Waals surface area (Å²) in [7, 11) is -3.26. The van der Waals surface area contributed by atoms with Gasteiger partial charge >= 0.3 is 5.97 Å². The lowest BCUT2D eigenvalue weighted by atomic mass is 10.1. The smallest absolute Gasteiger partial charge is 0.339 e. The minimum absolute atomic E-state index is 0.0185. The molecule has 4 rings (SSSR count). The van der Waals surface area contributed by atoms with E-state index in [2.05, 4.69) is 20.4 Å². The summed E-state index contributed by atoms with van der Waals surface area (Å²) in [4.78, 5) is 20.2. The molecule has 1 aliphatic heterocycles. The first kappa shape index (κ1) is 21.5. The third-order valence-corrected chi connectivity index (χ3v) is 6.62. The van der Waals surface area contributed by atoms with Crippen LogP contribution >= 0.6 is 0 Å². The summed E-state index contributed by atoms with van der Waals surface area (Å²) < 4.78 is 26.3. The summed E-state index contributed by atoms with van der Waals surface area (Å²) >= 11 is 0. The van der Waals surface area contributed by atoms with Crippen LogP contribution in [0.1, 0.15) is 28.8 Å². The lowest BCUT2D eigenvalue weighted by molar-refractivity contribution is 0.0697. The van der Waals surface area contributed by atoms with E-state index in [-0.39, 0.29) is 23.0 Å². The number of carboxylic acids is 1. The van der Waals surface area contributed by atoms with Gasteiger partial charge in [-0.05, 0) is 18.9 Å². The second-order valence-electron chi connectivity index (χ2n) is 7.48. The maximum atomic E-state index is 11.7. The molecule has 166 valence electrons. The van der Waals surface area contributed by atoms with Crippen LogP contribution in [-0.2, 0) is 10.0 Å². The molecule has 32 heavy (non-hydrogen) atoms. The number of anilines is 2. The van der Waals surface area contributed by atoms with Crippen molar-refractivity contribution in [2.45, 2.75) is 18.9 Å². The zero-order valence-electron chi connectivity index (χ0n) is 17.1. The van der Waals surface area contributed by atoms with Gasteiger partial charge in [0.2, 0.25) is 10.0 Å². The van der Waals surface area contributed by atoms with Crippen LogP contribution in [0.2, 0.25) is 0 Å². The number of nitriles is 1. The minimum atomic E-state index is -3.26. The molecule has 0 radical (unpaired) electrons. The monoisotopic (exact) mass is 456 g/mol. The third-order valence-electron chi connectivity index (χ3n) is 5.31. The van der Waals surface area contributed by atoms with Gasteiger partial charge in [0.25, 0.3) is 0 Å². The third kappa shape index (κ3) is 4.05. The van der Waals surface area contributed by atoms with E-state index < -0.39 is 16.0 Å². The summed E-state index contributed by atoms with van der Waals surface area (Å²) in [5, 5.41) is 26.8. The van der Waals surface area contributed by atoms with Gasteiger partial charge in [-0.3, -0.25) is 0 Å². The number of aromatic carboxylic acids is 1. The van der Waals surface area contributed by atoms with E-state index in [9.17, 15) is 18.3 Å². The Hall–Kier alpha value is -3.76. The van der Waals surface area contributed by atoms with Gasteiger partial charge in [-0.15, -0.1) is 0 Å². The predicted octanol–water partition coefficient (Wildman–Crippen LogP) is 0.803. The summed E-state index contributed by atoms with van der Waals surface area (Å²) in [5.74, 6) is -0.774. The molecule has 0 aromatic carbocycles. The maximum absolute atomic E-state index is 11.7. The number of sulfonamides is 1. The Balaban J connectivity index is 1.66. The number of pyridine rings is 2. The Bertz CT molecular complexity index is 1350. The van der Waals surface area contributed by atoms with Crippen molar-refractivity contribution in [1.82, 2.24) is 24.1 Å². The topological polar surface area (TPSA) is 180 Å². The van der Waals surface area contributed by atoms with Gasteiger partial charge in [-0.1, -0.05) is 0 Å². The Labute approximate surface area is 183 Å². The predicted molar refractivity (Wildman–Crippen MR) is 116 cm³/mol.